The summed E-state index contributed by atoms with van der Waals surface area (Å²) >= 11 is 0. The van der Waals surface area contributed by atoms with Crippen molar-refractivity contribution in [1.29, 1.82) is 0 Å². The number of anilines is 1. The SMILES string of the molecule is CCOc1cccc([C@@H](C)NC(=O)NCc2ccc(N3CCCC3)nc2)c1. The maximum atomic E-state index is 12.2. The largest absolute Gasteiger partial charge is 0.494 e. The Hall–Kier alpha value is -2.76. The van der Waals surface area contributed by atoms with E-state index in [4.69, 9.17) is 4.74 Å². The molecule has 27 heavy (non-hydrogen) atoms. The molecule has 2 amide bonds. The van der Waals surface area contributed by atoms with Crippen molar-refractivity contribution >= 4 is 11.8 Å². The Bertz CT molecular complexity index is 742. The van der Waals surface area contributed by atoms with Crippen molar-refractivity contribution in [2.75, 3.05) is 24.6 Å². The average molecular weight is 368 g/mol. The van der Waals surface area contributed by atoms with Crippen LogP contribution < -0.4 is 20.3 Å². The highest BCUT2D eigenvalue weighted by atomic mass is 16.5. The molecule has 1 atom stereocenters. The highest BCUT2D eigenvalue weighted by molar-refractivity contribution is 5.74. The van der Waals surface area contributed by atoms with Crippen LogP contribution in [0.5, 0.6) is 5.75 Å². The lowest BCUT2D eigenvalue weighted by Gasteiger charge is -2.17. The smallest absolute Gasteiger partial charge is 0.315 e. The second-order valence-corrected chi connectivity index (χ2v) is 6.77. The fraction of sp³-hybridized carbons (Fsp3) is 0.429. The van der Waals surface area contributed by atoms with E-state index in [2.05, 4.69) is 20.5 Å². The van der Waals surface area contributed by atoms with E-state index in [1.165, 1.54) is 12.8 Å². The Balaban J connectivity index is 1.48. The Morgan fingerprint density at radius 2 is 2.07 bits per heavy atom. The second-order valence-electron chi connectivity index (χ2n) is 6.77. The van der Waals surface area contributed by atoms with E-state index >= 15 is 0 Å². The zero-order valence-electron chi connectivity index (χ0n) is 16.1. The highest BCUT2D eigenvalue weighted by Gasteiger charge is 2.13. The van der Waals surface area contributed by atoms with Crippen molar-refractivity contribution in [2.45, 2.75) is 39.3 Å². The van der Waals surface area contributed by atoms with Crippen LogP contribution >= 0.6 is 0 Å². The van der Waals surface area contributed by atoms with E-state index in [-0.39, 0.29) is 12.1 Å². The molecule has 1 aromatic carbocycles. The highest BCUT2D eigenvalue weighted by Crippen LogP contribution is 2.19. The number of carbonyl (C=O) groups excluding carboxylic acids is 1. The first-order chi connectivity index (χ1) is 13.2. The molecule has 0 saturated carbocycles. The van der Waals surface area contributed by atoms with Gasteiger partial charge in [-0.15, -0.1) is 0 Å². The van der Waals surface area contributed by atoms with Gasteiger partial charge >= 0.3 is 6.03 Å². The molecule has 3 rings (SSSR count). The molecule has 1 fully saturated rings. The molecule has 0 unspecified atom stereocenters. The van der Waals surface area contributed by atoms with Crippen molar-refractivity contribution in [2.24, 2.45) is 0 Å². The van der Waals surface area contributed by atoms with E-state index in [9.17, 15) is 4.79 Å². The normalized spacial score (nSPS) is 14.7. The molecule has 2 heterocycles. The number of pyridine rings is 1. The summed E-state index contributed by atoms with van der Waals surface area (Å²) in [5.74, 6) is 1.83. The molecule has 0 radical (unpaired) electrons. The minimum Gasteiger partial charge on any atom is -0.494 e. The molecule has 2 aromatic rings. The molecular formula is C21H28N4O2. The van der Waals surface area contributed by atoms with Crippen molar-refractivity contribution in [3.8, 4) is 5.75 Å². The van der Waals surface area contributed by atoms with Gasteiger partial charge in [0.05, 0.1) is 12.6 Å². The number of urea groups is 1. The zero-order chi connectivity index (χ0) is 19.1. The summed E-state index contributed by atoms with van der Waals surface area (Å²) < 4.78 is 5.51. The van der Waals surface area contributed by atoms with E-state index < -0.39 is 0 Å². The van der Waals surface area contributed by atoms with Gasteiger partial charge in [0.15, 0.2) is 0 Å². The van der Waals surface area contributed by atoms with Gasteiger partial charge in [-0.05, 0) is 56.0 Å². The minimum absolute atomic E-state index is 0.110. The molecular weight excluding hydrogens is 340 g/mol. The van der Waals surface area contributed by atoms with Gasteiger partial charge in [0.1, 0.15) is 11.6 Å². The van der Waals surface area contributed by atoms with Crippen LogP contribution in [0.25, 0.3) is 0 Å². The standard InChI is InChI=1S/C21H28N4O2/c1-3-27-19-8-6-7-18(13-19)16(2)24-21(26)23-15-17-9-10-20(22-14-17)25-11-4-5-12-25/h6-10,13-14,16H,3-5,11-12,15H2,1-2H3,(H2,23,24,26)/t16-/m1/s1. The van der Waals surface area contributed by atoms with E-state index in [1.54, 1.807) is 0 Å². The predicted octanol–water partition coefficient (Wildman–Crippen LogP) is 3.64. The quantitative estimate of drug-likeness (QED) is 0.783. The van der Waals surface area contributed by atoms with Gasteiger partial charge in [-0.25, -0.2) is 9.78 Å². The summed E-state index contributed by atoms with van der Waals surface area (Å²) in [4.78, 5) is 19.0. The first kappa shape index (κ1) is 19.0. The van der Waals surface area contributed by atoms with E-state index in [0.717, 1.165) is 35.8 Å². The maximum absolute atomic E-state index is 12.2. The van der Waals surface area contributed by atoms with Crippen molar-refractivity contribution in [3.05, 3.63) is 53.7 Å². The van der Waals surface area contributed by atoms with Crippen molar-refractivity contribution in [3.63, 3.8) is 0 Å². The van der Waals surface area contributed by atoms with Crippen LogP contribution in [0.4, 0.5) is 10.6 Å². The third kappa shape index (κ3) is 5.36. The van der Waals surface area contributed by atoms with E-state index in [1.807, 2.05) is 56.4 Å². The summed E-state index contributed by atoms with van der Waals surface area (Å²) in [7, 11) is 0. The first-order valence-electron chi connectivity index (χ1n) is 9.62. The molecule has 144 valence electrons. The molecule has 1 aromatic heterocycles. The molecule has 0 aliphatic carbocycles. The number of benzene rings is 1. The molecule has 1 aliphatic rings. The van der Waals surface area contributed by atoms with Gasteiger partial charge in [-0.3, -0.25) is 0 Å². The summed E-state index contributed by atoms with van der Waals surface area (Å²) in [6.45, 7) is 7.14. The Labute approximate surface area is 160 Å². The summed E-state index contributed by atoms with van der Waals surface area (Å²) in [6, 6.07) is 11.5. The first-order valence-corrected chi connectivity index (χ1v) is 9.62. The number of ether oxygens (including phenoxy) is 1. The van der Waals surface area contributed by atoms with Gasteiger partial charge in [0.25, 0.3) is 0 Å². The zero-order valence-corrected chi connectivity index (χ0v) is 16.1. The van der Waals surface area contributed by atoms with Gasteiger partial charge in [-0.2, -0.15) is 0 Å². The van der Waals surface area contributed by atoms with Gasteiger partial charge in [0.2, 0.25) is 0 Å². The minimum atomic E-state index is -0.201. The number of aromatic nitrogens is 1. The van der Waals surface area contributed by atoms with Gasteiger partial charge in [-0.1, -0.05) is 18.2 Å². The molecule has 0 spiro atoms. The molecule has 6 heteroatoms. The number of nitrogens with zero attached hydrogens (tertiary/aromatic N) is 2. The number of hydrogen-bond donors (Lipinski definition) is 2. The molecule has 1 aliphatic heterocycles. The topological polar surface area (TPSA) is 66.5 Å². The van der Waals surface area contributed by atoms with Crippen LogP contribution in [0.2, 0.25) is 0 Å². The van der Waals surface area contributed by atoms with Gasteiger partial charge in [0, 0.05) is 25.8 Å². The number of rotatable bonds is 7. The van der Waals surface area contributed by atoms with Crippen LogP contribution in [0.1, 0.15) is 43.9 Å². The fourth-order valence-corrected chi connectivity index (χ4v) is 3.21. The lowest BCUT2D eigenvalue weighted by Crippen LogP contribution is -2.36. The van der Waals surface area contributed by atoms with Crippen molar-refractivity contribution in [1.82, 2.24) is 15.6 Å². The Kier molecular flexibility index (Phi) is 6.52. The second kappa shape index (κ2) is 9.26. The van der Waals surface area contributed by atoms with Crippen LogP contribution in [0, 0.1) is 0 Å². The summed E-state index contributed by atoms with van der Waals surface area (Å²) in [6.07, 6.45) is 4.30. The third-order valence-corrected chi connectivity index (χ3v) is 4.71. The maximum Gasteiger partial charge on any atom is 0.315 e. The lowest BCUT2D eigenvalue weighted by atomic mass is 10.1. The lowest BCUT2D eigenvalue weighted by molar-refractivity contribution is 0.237. The monoisotopic (exact) mass is 368 g/mol. The Morgan fingerprint density at radius 1 is 1.26 bits per heavy atom. The predicted molar refractivity (Wildman–Crippen MR) is 107 cm³/mol. The third-order valence-electron chi connectivity index (χ3n) is 4.71. The number of amides is 2. The van der Waals surface area contributed by atoms with Crippen LogP contribution in [0.3, 0.4) is 0 Å². The van der Waals surface area contributed by atoms with Crippen LogP contribution in [-0.2, 0) is 6.54 Å². The van der Waals surface area contributed by atoms with Crippen LogP contribution in [-0.4, -0.2) is 30.7 Å². The summed E-state index contributed by atoms with van der Waals surface area (Å²) in [5.41, 5.74) is 1.99. The number of hydrogen-bond acceptors (Lipinski definition) is 4. The average Bonchev–Trinajstić information content (AvgIpc) is 3.22. The summed E-state index contributed by atoms with van der Waals surface area (Å²) in [5, 5.41) is 5.85. The van der Waals surface area contributed by atoms with Crippen molar-refractivity contribution < 1.29 is 9.53 Å². The number of carbonyl (C=O) groups is 1. The Morgan fingerprint density at radius 3 is 2.78 bits per heavy atom. The molecule has 2 N–H and O–H groups in total. The van der Waals surface area contributed by atoms with Crippen LogP contribution in [0.15, 0.2) is 42.6 Å². The number of nitrogens with one attached hydrogen (secondary N) is 2. The molecule has 0 bridgehead atoms. The van der Waals surface area contributed by atoms with Gasteiger partial charge < -0.3 is 20.3 Å². The fourth-order valence-electron chi connectivity index (χ4n) is 3.21. The van der Waals surface area contributed by atoms with E-state index in [0.29, 0.717) is 13.2 Å². The molecule has 6 nitrogen and oxygen atoms in total. The molecule has 1 saturated heterocycles.